The Hall–Kier alpha value is -1.51. The van der Waals surface area contributed by atoms with Gasteiger partial charge in [-0.25, -0.2) is 0 Å². The van der Waals surface area contributed by atoms with E-state index in [1.807, 2.05) is 37.4 Å². The van der Waals surface area contributed by atoms with Gasteiger partial charge >= 0.3 is 0 Å². The van der Waals surface area contributed by atoms with Crippen LogP contribution in [0.3, 0.4) is 0 Å². The minimum atomic E-state index is 0.681. The van der Waals surface area contributed by atoms with Gasteiger partial charge in [0, 0.05) is 17.1 Å². The monoisotopic (exact) mass is 275 g/mol. The zero-order chi connectivity index (χ0) is 13.8. The van der Waals surface area contributed by atoms with Crippen molar-refractivity contribution in [2.24, 2.45) is 0 Å². The molecule has 0 aliphatic heterocycles. The highest BCUT2D eigenvalue weighted by Crippen LogP contribution is 2.31. The first-order valence-corrected chi connectivity index (χ1v) is 6.66. The van der Waals surface area contributed by atoms with Crippen LogP contribution in [0.1, 0.15) is 16.7 Å². The predicted molar refractivity (Wildman–Crippen MR) is 80.2 cm³/mol. The highest BCUT2D eigenvalue weighted by Gasteiger charge is 2.08. The SMILES string of the molecule is CNCc1ccc(Cl)cc1Oc1cccc(C)c1C. The lowest BCUT2D eigenvalue weighted by molar-refractivity contribution is 0.470. The number of nitrogens with one attached hydrogen (secondary N) is 1. The largest absolute Gasteiger partial charge is 0.457 e. The normalized spacial score (nSPS) is 10.5. The Morgan fingerprint density at radius 2 is 1.89 bits per heavy atom. The maximum Gasteiger partial charge on any atom is 0.133 e. The van der Waals surface area contributed by atoms with E-state index in [1.165, 1.54) is 5.56 Å². The summed E-state index contributed by atoms with van der Waals surface area (Å²) < 4.78 is 6.03. The van der Waals surface area contributed by atoms with Crippen LogP contribution in [-0.2, 0) is 6.54 Å². The first-order chi connectivity index (χ1) is 9.11. The Labute approximate surface area is 119 Å². The smallest absolute Gasteiger partial charge is 0.133 e. The molecule has 0 aromatic heterocycles. The maximum atomic E-state index is 6.05. The molecule has 2 rings (SSSR count). The van der Waals surface area contributed by atoms with E-state index in [-0.39, 0.29) is 0 Å². The molecule has 19 heavy (non-hydrogen) atoms. The fraction of sp³-hybridized carbons (Fsp3) is 0.250. The standard InChI is InChI=1S/C16H18ClNO/c1-11-5-4-6-15(12(11)2)19-16-9-14(17)8-7-13(16)10-18-3/h4-9,18H,10H2,1-3H3. The predicted octanol–water partition coefficient (Wildman–Crippen LogP) is 4.47. The minimum absolute atomic E-state index is 0.681. The van der Waals surface area contributed by atoms with Crippen LogP contribution in [0.5, 0.6) is 11.5 Å². The van der Waals surface area contributed by atoms with E-state index in [0.717, 1.165) is 29.2 Å². The van der Waals surface area contributed by atoms with Crippen molar-refractivity contribution < 1.29 is 4.74 Å². The number of ether oxygens (including phenoxy) is 1. The van der Waals surface area contributed by atoms with Crippen LogP contribution >= 0.6 is 11.6 Å². The molecule has 3 heteroatoms. The van der Waals surface area contributed by atoms with Gasteiger partial charge in [-0.1, -0.05) is 29.8 Å². The number of hydrogen-bond donors (Lipinski definition) is 1. The molecule has 2 aromatic rings. The summed E-state index contributed by atoms with van der Waals surface area (Å²) in [6.07, 6.45) is 0. The van der Waals surface area contributed by atoms with E-state index in [1.54, 1.807) is 0 Å². The second-order valence-corrected chi connectivity index (χ2v) is 5.02. The fourth-order valence-electron chi connectivity index (χ4n) is 1.91. The first kappa shape index (κ1) is 13.9. The summed E-state index contributed by atoms with van der Waals surface area (Å²) in [4.78, 5) is 0. The maximum absolute atomic E-state index is 6.05. The molecule has 1 N–H and O–H groups in total. The van der Waals surface area contributed by atoms with E-state index in [0.29, 0.717) is 5.02 Å². The zero-order valence-corrected chi connectivity index (χ0v) is 12.2. The average Bonchev–Trinajstić information content (AvgIpc) is 2.38. The third-order valence-electron chi connectivity index (χ3n) is 3.17. The Morgan fingerprint density at radius 1 is 1.11 bits per heavy atom. The molecule has 0 aliphatic carbocycles. The second-order valence-electron chi connectivity index (χ2n) is 4.58. The summed E-state index contributed by atoms with van der Waals surface area (Å²) in [6, 6.07) is 11.8. The molecule has 0 saturated carbocycles. The number of halogens is 1. The molecule has 0 heterocycles. The van der Waals surface area contributed by atoms with Gasteiger partial charge in [-0.05, 0) is 50.2 Å². The molecule has 0 amide bonds. The van der Waals surface area contributed by atoms with Crippen LogP contribution in [0, 0.1) is 13.8 Å². The van der Waals surface area contributed by atoms with Gasteiger partial charge in [-0.3, -0.25) is 0 Å². The van der Waals surface area contributed by atoms with Gasteiger partial charge in [0.05, 0.1) is 0 Å². The second kappa shape index (κ2) is 6.09. The molecule has 0 fully saturated rings. The number of rotatable bonds is 4. The van der Waals surface area contributed by atoms with Crippen LogP contribution in [0.4, 0.5) is 0 Å². The van der Waals surface area contributed by atoms with E-state index in [9.17, 15) is 0 Å². The lowest BCUT2D eigenvalue weighted by Crippen LogP contribution is -2.06. The molecule has 2 aromatic carbocycles. The van der Waals surface area contributed by atoms with Gasteiger partial charge in [-0.2, -0.15) is 0 Å². The van der Waals surface area contributed by atoms with E-state index >= 15 is 0 Å². The summed E-state index contributed by atoms with van der Waals surface area (Å²) in [6.45, 7) is 4.89. The van der Waals surface area contributed by atoms with Crippen molar-refractivity contribution in [3.8, 4) is 11.5 Å². The minimum Gasteiger partial charge on any atom is -0.457 e. The average molecular weight is 276 g/mol. The van der Waals surface area contributed by atoms with Crippen LogP contribution in [0.15, 0.2) is 36.4 Å². The van der Waals surface area contributed by atoms with Crippen LogP contribution in [0.2, 0.25) is 5.02 Å². The molecule has 0 atom stereocenters. The number of benzene rings is 2. The van der Waals surface area contributed by atoms with E-state index < -0.39 is 0 Å². The van der Waals surface area contributed by atoms with Gasteiger partial charge in [0.25, 0.3) is 0 Å². The fourth-order valence-corrected chi connectivity index (χ4v) is 2.08. The zero-order valence-electron chi connectivity index (χ0n) is 11.5. The van der Waals surface area contributed by atoms with Gasteiger partial charge < -0.3 is 10.1 Å². The molecular formula is C16H18ClNO. The Kier molecular flexibility index (Phi) is 4.46. The Morgan fingerprint density at radius 3 is 2.63 bits per heavy atom. The number of aryl methyl sites for hydroxylation is 1. The Balaban J connectivity index is 2.36. The van der Waals surface area contributed by atoms with Crippen molar-refractivity contribution in [3.63, 3.8) is 0 Å². The number of hydrogen-bond acceptors (Lipinski definition) is 2. The lowest BCUT2D eigenvalue weighted by atomic mass is 10.1. The van der Waals surface area contributed by atoms with Crippen LogP contribution < -0.4 is 10.1 Å². The lowest BCUT2D eigenvalue weighted by Gasteiger charge is -2.14. The van der Waals surface area contributed by atoms with Gasteiger partial charge in [0.1, 0.15) is 11.5 Å². The van der Waals surface area contributed by atoms with Gasteiger partial charge in [0.2, 0.25) is 0 Å². The third kappa shape index (κ3) is 3.28. The molecule has 0 saturated heterocycles. The van der Waals surface area contributed by atoms with Gasteiger partial charge in [-0.15, -0.1) is 0 Å². The summed E-state index contributed by atoms with van der Waals surface area (Å²) >= 11 is 6.05. The van der Waals surface area contributed by atoms with Crippen molar-refractivity contribution in [1.82, 2.24) is 5.32 Å². The topological polar surface area (TPSA) is 21.3 Å². The van der Waals surface area contributed by atoms with Crippen molar-refractivity contribution in [2.45, 2.75) is 20.4 Å². The van der Waals surface area contributed by atoms with Gasteiger partial charge in [0.15, 0.2) is 0 Å². The summed E-state index contributed by atoms with van der Waals surface area (Å²) in [5, 5.41) is 3.81. The molecule has 100 valence electrons. The molecule has 0 aliphatic rings. The van der Waals surface area contributed by atoms with E-state index in [4.69, 9.17) is 16.3 Å². The van der Waals surface area contributed by atoms with Crippen molar-refractivity contribution in [2.75, 3.05) is 7.05 Å². The molecule has 0 unspecified atom stereocenters. The highest BCUT2D eigenvalue weighted by molar-refractivity contribution is 6.30. The summed E-state index contributed by atoms with van der Waals surface area (Å²) in [5.74, 6) is 1.68. The molecular weight excluding hydrogens is 258 g/mol. The highest BCUT2D eigenvalue weighted by atomic mass is 35.5. The Bertz CT molecular complexity index is 581. The molecule has 0 radical (unpaired) electrons. The summed E-state index contributed by atoms with van der Waals surface area (Å²) in [5.41, 5.74) is 3.46. The van der Waals surface area contributed by atoms with Crippen LogP contribution in [-0.4, -0.2) is 7.05 Å². The van der Waals surface area contributed by atoms with Crippen molar-refractivity contribution in [1.29, 1.82) is 0 Å². The van der Waals surface area contributed by atoms with Crippen molar-refractivity contribution >= 4 is 11.6 Å². The third-order valence-corrected chi connectivity index (χ3v) is 3.41. The first-order valence-electron chi connectivity index (χ1n) is 6.29. The summed E-state index contributed by atoms with van der Waals surface area (Å²) in [7, 11) is 1.91. The molecule has 0 bridgehead atoms. The quantitative estimate of drug-likeness (QED) is 0.889. The van der Waals surface area contributed by atoms with Crippen molar-refractivity contribution in [3.05, 3.63) is 58.1 Å². The molecule has 2 nitrogen and oxygen atoms in total. The molecule has 0 spiro atoms. The van der Waals surface area contributed by atoms with E-state index in [2.05, 4.69) is 25.2 Å². The van der Waals surface area contributed by atoms with Crippen LogP contribution in [0.25, 0.3) is 0 Å².